The van der Waals surface area contributed by atoms with E-state index in [1.165, 1.54) is 5.56 Å². The molecule has 7 heteroatoms. The highest BCUT2D eigenvalue weighted by molar-refractivity contribution is 14.0. The summed E-state index contributed by atoms with van der Waals surface area (Å²) in [5, 5.41) is 7.01. The van der Waals surface area contributed by atoms with Crippen LogP contribution in [-0.2, 0) is 4.74 Å². The molecule has 1 fully saturated rings. The first-order valence-electron chi connectivity index (χ1n) is 10.6. The maximum absolute atomic E-state index is 5.54. The number of hydrogen-bond donors (Lipinski definition) is 2. The quantitative estimate of drug-likeness (QED) is 0.300. The number of nitrogens with one attached hydrogen (secondary N) is 2. The van der Waals surface area contributed by atoms with Crippen LogP contribution >= 0.6 is 24.0 Å². The first-order valence-corrected chi connectivity index (χ1v) is 10.6. The molecule has 0 aromatic heterocycles. The third-order valence-electron chi connectivity index (χ3n) is 5.35. The smallest absolute Gasteiger partial charge is 0.191 e. The van der Waals surface area contributed by atoms with Gasteiger partial charge in [-0.2, -0.15) is 0 Å². The number of hydrogen-bond acceptors (Lipinski definition) is 4. The summed E-state index contributed by atoms with van der Waals surface area (Å²) in [5.41, 5.74) is 1.33. The van der Waals surface area contributed by atoms with Crippen LogP contribution in [0.2, 0.25) is 0 Å². The van der Waals surface area contributed by atoms with E-state index in [9.17, 15) is 0 Å². The molecular weight excluding hydrogens is 477 g/mol. The van der Waals surface area contributed by atoms with Crippen molar-refractivity contribution in [2.24, 2.45) is 4.99 Å². The molecule has 29 heavy (non-hydrogen) atoms. The molecule has 1 aromatic carbocycles. The van der Waals surface area contributed by atoms with Gasteiger partial charge in [-0.25, -0.2) is 0 Å². The maximum atomic E-state index is 5.54. The Hall–Kier alpha value is -0.900. The predicted molar refractivity (Wildman–Crippen MR) is 133 cm³/mol. The van der Waals surface area contributed by atoms with Gasteiger partial charge in [0.05, 0.1) is 19.3 Å². The third kappa shape index (κ3) is 8.78. The second-order valence-electron chi connectivity index (χ2n) is 7.88. The largest absolute Gasteiger partial charge is 0.379 e. The van der Waals surface area contributed by atoms with E-state index in [1.54, 1.807) is 0 Å². The van der Waals surface area contributed by atoms with Crippen LogP contribution in [0.1, 0.15) is 39.3 Å². The minimum Gasteiger partial charge on any atom is -0.379 e. The number of halogens is 1. The second-order valence-corrected chi connectivity index (χ2v) is 7.88. The van der Waals surface area contributed by atoms with Crippen molar-refractivity contribution in [1.82, 2.24) is 20.4 Å². The van der Waals surface area contributed by atoms with Crippen molar-refractivity contribution in [1.29, 1.82) is 0 Å². The Kier molecular flexibility index (Phi) is 12.8. The van der Waals surface area contributed by atoms with E-state index < -0.39 is 0 Å². The van der Waals surface area contributed by atoms with Gasteiger partial charge in [-0.3, -0.25) is 14.8 Å². The fourth-order valence-electron chi connectivity index (χ4n) is 3.85. The first-order chi connectivity index (χ1) is 13.5. The molecule has 1 heterocycles. The van der Waals surface area contributed by atoms with Crippen LogP contribution in [-0.4, -0.2) is 80.8 Å². The lowest BCUT2D eigenvalue weighted by atomic mass is 10.0. The number of nitrogens with zero attached hydrogens (tertiary/aromatic N) is 3. The molecule has 0 saturated carbocycles. The molecule has 1 saturated heterocycles. The normalized spacial score (nSPS) is 16.8. The highest BCUT2D eigenvalue weighted by Gasteiger charge is 2.22. The predicted octanol–water partition coefficient (Wildman–Crippen LogP) is 2.96. The summed E-state index contributed by atoms with van der Waals surface area (Å²) in [6.45, 7) is 15.2. The molecule has 166 valence electrons. The summed E-state index contributed by atoms with van der Waals surface area (Å²) < 4.78 is 5.54. The topological polar surface area (TPSA) is 52.1 Å². The monoisotopic (exact) mass is 517 g/mol. The Balaban J connectivity index is 0.00000420. The lowest BCUT2D eigenvalue weighted by molar-refractivity contribution is 0.0170. The van der Waals surface area contributed by atoms with Gasteiger partial charge in [-0.05, 0) is 33.3 Å². The Bertz CT molecular complexity index is 568. The minimum atomic E-state index is 0. The lowest BCUT2D eigenvalue weighted by Crippen LogP contribution is -2.48. The molecule has 0 amide bonds. The van der Waals surface area contributed by atoms with Gasteiger partial charge in [0.25, 0.3) is 0 Å². The van der Waals surface area contributed by atoms with Crippen LogP contribution in [0, 0.1) is 0 Å². The molecule has 1 unspecified atom stereocenters. The number of benzene rings is 1. The molecule has 0 bridgehead atoms. The van der Waals surface area contributed by atoms with Crippen molar-refractivity contribution in [3.8, 4) is 0 Å². The third-order valence-corrected chi connectivity index (χ3v) is 5.35. The van der Waals surface area contributed by atoms with Gasteiger partial charge >= 0.3 is 0 Å². The molecule has 2 rings (SSSR count). The molecule has 2 N–H and O–H groups in total. The van der Waals surface area contributed by atoms with Crippen molar-refractivity contribution in [3.63, 3.8) is 0 Å². The number of rotatable bonds is 9. The Labute approximate surface area is 194 Å². The number of guanidine groups is 1. The molecule has 1 aliphatic rings. The van der Waals surface area contributed by atoms with Gasteiger partial charge in [-0.1, -0.05) is 30.3 Å². The first kappa shape index (κ1) is 26.1. The Morgan fingerprint density at radius 3 is 2.24 bits per heavy atom. The van der Waals surface area contributed by atoms with Gasteiger partial charge in [0.15, 0.2) is 5.96 Å². The summed E-state index contributed by atoms with van der Waals surface area (Å²) in [5.74, 6) is 0.863. The van der Waals surface area contributed by atoms with Gasteiger partial charge in [0.2, 0.25) is 0 Å². The molecule has 1 aromatic rings. The van der Waals surface area contributed by atoms with Crippen LogP contribution in [0.5, 0.6) is 0 Å². The number of ether oxygens (including phenoxy) is 1. The standard InChI is InChI=1S/C22H39N5O.HI/c1-18(2)27(19(3)4)12-11-24-22(23-5)25-17-21(20-9-7-6-8-10-20)26-13-15-28-16-14-26;/h6-10,18-19,21H,11-17H2,1-5H3,(H2,23,24,25);1H. The van der Waals surface area contributed by atoms with E-state index in [0.29, 0.717) is 18.1 Å². The number of morpholine rings is 1. The van der Waals surface area contributed by atoms with Gasteiger partial charge in [0.1, 0.15) is 0 Å². The van der Waals surface area contributed by atoms with E-state index in [0.717, 1.165) is 51.9 Å². The highest BCUT2D eigenvalue weighted by atomic mass is 127. The van der Waals surface area contributed by atoms with Crippen molar-refractivity contribution >= 4 is 29.9 Å². The summed E-state index contributed by atoms with van der Waals surface area (Å²) in [7, 11) is 1.84. The van der Waals surface area contributed by atoms with Gasteiger partial charge in [-0.15, -0.1) is 24.0 Å². The lowest BCUT2D eigenvalue weighted by Gasteiger charge is -2.35. The fourth-order valence-corrected chi connectivity index (χ4v) is 3.85. The molecule has 0 radical (unpaired) electrons. The van der Waals surface area contributed by atoms with E-state index in [4.69, 9.17) is 4.74 Å². The average Bonchev–Trinajstić information content (AvgIpc) is 2.70. The summed E-state index contributed by atoms with van der Waals surface area (Å²) in [4.78, 5) is 9.40. The zero-order valence-electron chi connectivity index (χ0n) is 18.7. The minimum absolute atomic E-state index is 0. The molecular formula is C22H40IN5O. The van der Waals surface area contributed by atoms with E-state index in [-0.39, 0.29) is 24.0 Å². The molecule has 0 aliphatic carbocycles. The summed E-state index contributed by atoms with van der Waals surface area (Å²) in [6, 6.07) is 12.1. The SMILES string of the molecule is CN=C(NCCN(C(C)C)C(C)C)NCC(c1ccccc1)N1CCOCC1.I. The van der Waals surface area contributed by atoms with E-state index in [1.807, 2.05) is 7.05 Å². The maximum Gasteiger partial charge on any atom is 0.191 e. The fraction of sp³-hybridized carbons (Fsp3) is 0.682. The van der Waals surface area contributed by atoms with Gasteiger partial charge in [0, 0.05) is 51.9 Å². The Morgan fingerprint density at radius 2 is 1.69 bits per heavy atom. The highest BCUT2D eigenvalue weighted by Crippen LogP contribution is 2.20. The zero-order valence-corrected chi connectivity index (χ0v) is 21.1. The van der Waals surface area contributed by atoms with Crippen molar-refractivity contribution < 1.29 is 4.74 Å². The van der Waals surface area contributed by atoms with Crippen LogP contribution in [0.25, 0.3) is 0 Å². The van der Waals surface area contributed by atoms with Crippen LogP contribution in [0.4, 0.5) is 0 Å². The van der Waals surface area contributed by atoms with E-state index >= 15 is 0 Å². The van der Waals surface area contributed by atoms with Crippen LogP contribution in [0.3, 0.4) is 0 Å². The summed E-state index contributed by atoms with van der Waals surface area (Å²) in [6.07, 6.45) is 0. The molecule has 6 nitrogen and oxygen atoms in total. The zero-order chi connectivity index (χ0) is 20.4. The van der Waals surface area contributed by atoms with Gasteiger partial charge < -0.3 is 15.4 Å². The molecule has 1 atom stereocenters. The summed E-state index contributed by atoms with van der Waals surface area (Å²) >= 11 is 0. The van der Waals surface area contributed by atoms with Crippen molar-refractivity contribution in [2.75, 3.05) is 53.0 Å². The van der Waals surface area contributed by atoms with E-state index in [2.05, 4.69) is 83.5 Å². The van der Waals surface area contributed by atoms with Crippen LogP contribution < -0.4 is 10.6 Å². The second kappa shape index (κ2) is 14.2. The van der Waals surface area contributed by atoms with Crippen molar-refractivity contribution in [2.45, 2.75) is 45.8 Å². The molecule has 1 aliphatic heterocycles. The Morgan fingerprint density at radius 1 is 1.07 bits per heavy atom. The van der Waals surface area contributed by atoms with Crippen molar-refractivity contribution in [3.05, 3.63) is 35.9 Å². The average molecular weight is 518 g/mol. The number of aliphatic imine (C=N–C) groups is 1. The molecule has 0 spiro atoms. The van der Waals surface area contributed by atoms with Crippen LogP contribution in [0.15, 0.2) is 35.3 Å².